The van der Waals surface area contributed by atoms with Gasteiger partial charge in [0.2, 0.25) is 0 Å². The van der Waals surface area contributed by atoms with Gasteiger partial charge in [-0.3, -0.25) is 0 Å². The monoisotopic (exact) mass is 264 g/mol. The van der Waals surface area contributed by atoms with Gasteiger partial charge in [-0.2, -0.15) is 0 Å². The van der Waals surface area contributed by atoms with Crippen LogP contribution in [0.3, 0.4) is 0 Å². The topological polar surface area (TPSA) is 61.3 Å². The van der Waals surface area contributed by atoms with Crippen molar-refractivity contribution in [2.45, 2.75) is 39.7 Å². The summed E-state index contributed by atoms with van der Waals surface area (Å²) in [6.45, 7) is 7.83. The fourth-order valence-corrected chi connectivity index (χ4v) is 2.63. The van der Waals surface area contributed by atoms with Gasteiger partial charge in [-0.05, 0) is 20.3 Å². The molecule has 0 aromatic carbocycles. The Bertz CT molecular complexity index is 447. The molecule has 1 aliphatic rings. The van der Waals surface area contributed by atoms with Gasteiger partial charge in [0.05, 0.1) is 6.10 Å². The molecule has 1 aliphatic heterocycles. The van der Waals surface area contributed by atoms with Gasteiger partial charge in [-0.15, -0.1) is 0 Å². The second-order valence-electron chi connectivity index (χ2n) is 5.28. The van der Waals surface area contributed by atoms with Gasteiger partial charge >= 0.3 is 0 Å². The predicted molar refractivity (Wildman–Crippen MR) is 77.7 cm³/mol. The highest BCUT2D eigenvalue weighted by Crippen LogP contribution is 2.29. The molecule has 1 aromatic rings. The summed E-state index contributed by atoms with van der Waals surface area (Å²) in [4.78, 5) is 11.4. The van der Waals surface area contributed by atoms with E-state index in [4.69, 9.17) is 0 Å². The molecule has 2 unspecified atom stereocenters. The SMILES string of the molecule is CCc1nc(NC)c(C)c(N2CCC(C(C)O)C2)n1. The van der Waals surface area contributed by atoms with Crippen LogP contribution in [-0.2, 0) is 6.42 Å². The molecule has 1 aromatic heterocycles. The highest BCUT2D eigenvalue weighted by Gasteiger charge is 2.28. The first-order valence-electron chi connectivity index (χ1n) is 7.05. The lowest BCUT2D eigenvalue weighted by Gasteiger charge is -2.22. The smallest absolute Gasteiger partial charge is 0.137 e. The van der Waals surface area contributed by atoms with Crippen molar-refractivity contribution < 1.29 is 5.11 Å². The summed E-state index contributed by atoms with van der Waals surface area (Å²) in [5.41, 5.74) is 1.09. The third kappa shape index (κ3) is 2.81. The number of aliphatic hydroxyl groups is 1. The summed E-state index contributed by atoms with van der Waals surface area (Å²) in [6, 6.07) is 0. The molecule has 1 fully saturated rings. The number of nitrogens with one attached hydrogen (secondary N) is 1. The molecule has 0 spiro atoms. The summed E-state index contributed by atoms with van der Waals surface area (Å²) < 4.78 is 0. The number of aliphatic hydroxyl groups excluding tert-OH is 1. The minimum Gasteiger partial charge on any atom is -0.393 e. The fraction of sp³-hybridized carbons (Fsp3) is 0.714. The van der Waals surface area contributed by atoms with Crippen LogP contribution >= 0.6 is 0 Å². The number of aryl methyl sites for hydroxylation is 1. The van der Waals surface area contributed by atoms with Gasteiger partial charge in [-0.25, -0.2) is 9.97 Å². The van der Waals surface area contributed by atoms with Gasteiger partial charge < -0.3 is 15.3 Å². The summed E-state index contributed by atoms with van der Waals surface area (Å²) in [5, 5.41) is 12.9. The fourth-order valence-electron chi connectivity index (χ4n) is 2.63. The molecule has 2 heterocycles. The van der Waals surface area contributed by atoms with E-state index in [0.29, 0.717) is 5.92 Å². The molecular weight excluding hydrogens is 240 g/mol. The Morgan fingerprint density at radius 3 is 2.74 bits per heavy atom. The normalized spacial score (nSPS) is 20.7. The Labute approximate surface area is 115 Å². The number of aromatic nitrogens is 2. The molecule has 1 saturated heterocycles. The molecule has 2 rings (SSSR count). The predicted octanol–water partition coefficient (Wildman–Crippen LogP) is 1.60. The quantitative estimate of drug-likeness (QED) is 0.865. The number of nitrogens with zero attached hydrogens (tertiary/aromatic N) is 3. The van der Waals surface area contributed by atoms with E-state index in [0.717, 1.165) is 49.0 Å². The van der Waals surface area contributed by atoms with Crippen LogP contribution in [0.2, 0.25) is 0 Å². The Kier molecular flexibility index (Phi) is 4.24. The molecule has 2 atom stereocenters. The van der Waals surface area contributed by atoms with E-state index in [9.17, 15) is 5.11 Å². The van der Waals surface area contributed by atoms with Crippen LogP contribution in [0.5, 0.6) is 0 Å². The molecule has 0 amide bonds. The second-order valence-corrected chi connectivity index (χ2v) is 5.28. The number of hydrogen-bond donors (Lipinski definition) is 2. The average molecular weight is 264 g/mol. The van der Waals surface area contributed by atoms with Crippen LogP contribution in [0.15, 0.2) is 0 Å². The zero-order valence-electron chi connectivity index (χ0n) is 12.3. The van der Waals surface area contributed by atoms with E-state index in [1.165, 1.54) is 0 Å². The largest absolute Gasteiger partial charge is 0.393 e. The first-order valence-corrected chi connectivity index (χ1v) is 7.05. The third-order valence-corrected chi connectivity index (χ3v) is 3.93. The van der Waals surface area contributed by atoms with Crippen molar-refractivity contribution in [1.29, 1.82) is 0 Å². The second kappa shape index (κ2) is 5.74. The number of anilines is 2. The van der Waals surface area contributed by atoms with Crippen molar-refractivity contribution in [2.24, 2.45) is 5.92 Å². The van der Waals surface area contributed by atoms with E-state index < -0.39 is 0 Å². The van der Waals surface area contributed by atoms with E-state index in [1.807, 2.05) is 14.0 Å². The Hall–Kier alpha value is -1.36. The van der Waals surface area contributed by atoms with Gasteiger partial charge in [0.1, 0.15) is 17.5 Å². The van der Waals surface area contributed by atoms with E-state index >= 15 is 0 Å². The van der Waals surface area contributed by atoms with Gasteiger partial charge in [-0.1, -0.05) is 6.92 Å². The summed E-state index contributed by atoms with van der Waals surface area (Å²) in [6.07, 6.45) is 1.61. The van der Waals surface area contributed by atoms with Gasteiger partial charge in [0.15, 0.2) is 0 Å². The minimum absolute atomic E-state index is 0.249. The molecule has 0 bridgehead atoms. The van der Waals surface area contributed by atoms with Crippen LogP contribution < -0.4 is 10.2 Å². The summed E-state index contributed by atoms with van der Waals surface area (Å²) >= 11 is 0. The lowest BCUT2D eigenvalue weighted by atomic mass is 10.0. The highest BCUT2D eigenvalue weighted by atomic mass is 16.3. The van der Waals surface area contributed by atoms with Crippen molar-refractivity contribution in [3.8, 4) is 0 Å². The molecular formula is C14H24N4O. The van der Waals surface area contributed by atoms with E-state index in [-0.39, 0.29) is 6.10 Å². The van der Waals surface area contributed by atoms with Crippen molar-refractivity contribution in [2.75, 3.05) is 30.4 Å². The lowest BCUT2D eigenvalue weighted by Crippen LogP contribution is -2.26. The first kappa shape index (κ1) is 14.1. The molecule has 0 aliphatic carbocycles. The molecule has 2 N–H and O–H groups in total. The zero-order chi connectivity index (χ0) is 14.0. The summed E-state index contributed by atoms with van der Waals surface area (Å²) in [7, 11) is 1.89. The maximum Gasteiger partial charge on any atom is 0.137 e. The Balaban J connectivity index is 2.29. The molecule has 19 heavy (non-hydrogen) atoms. The summed E-state index contributed by atoms with van der Waals surface area (Å²) in [5.74, 6) is 3.13. The maximum absolute atomic E-state index is 9.72. The highest BCUT2D eigenvalue weighted by molar-refractivity contribution is 5.59. The van der Waals surface area contributed by atoms with Crippen LogP contribution in [0.1, 0.15) is 31.7 Å². The van der Waals surface area contributed by atoms with Gasteiger partial charge in [0, 0.05) is 38.0 Å². The van der Waals surface area contributed by atoms with Crippen molar-refractivity contribution in [1.82, 2.24) is 9.97 Å². The van der Waals surface area contributed by atoms with Crippen molar-refractivity contribution in [3.63, 3.8) is 0 Å². The standard InChI is InChI=1S/C14H24N4O/c1-5-12-16-13(15-4)9(2)14(17-12)18-7-6-11(8-18)10(3)19/h10-11,19H,5-8H2,1-4H3,(H,15,16,17). The number of rotatable bonds is 4. The average Bonchev–Trinajstić information content (AvgIpc) is 2.88. The molecule has 0 radical (unpaired) electrons. The maximum atomic E-state index is 9.72. The Morgan fingerprint density at radius 1 is 1.47 bits per heavy atom. The molecule has 106 valence electrons. The number of hydrogen-bond acceptors (Lipinski definition) is 5. The van der Waals surface area contributed by atoms with Crippen LogP contribution in [-0.4, -0.2) is 41.3 Å². The Morgan fingerprint density at radius 2 is 2.21 bits per heavy atom. The molecule has 5 heteroatoms. The van der Waals surface area contributed by atoms with E-state index in [1.54, 1.807) is 0 Å². The van der Waals surface area contributed by atoms with E-state index in [2.05, 4.69) is 34.0 Å². The van der Waals surface area contributed by atoms with Gasteiger partial charge in [0.25, 0.3) is 0 Å². The van der Waals surface area contributed by atoms with Crippen molar-refractivity contribution >= 4 is 11.6 Å². The zero-order valence-corrected chi connectivity index (χ0v) is 12.3. The molecule has 5 nitrogen and oxygen atoms in total. The van der Waals surface area contributed by atoms with Crippen LogP contribution in [0.4, 0.5) is 11.6 Å². The minimum atomic E-state index is -0.249. The van der Waals surface area contributed by atoms with Crippen LogP contribution in [0, 0.1) is 12.8 Å². The third-order valence-electron chi connectivity index (χ3n) is 3.93. The molecule has 0 saturated carbocycles. The van der Waals surface area contributed by atoms with Crippen LogP contribution in [0.25, 0.3) is 0 Å². The first-order chi connectivity index (χ1) is 9.06. The lowest BCUT2D eigenvalue weighted by molar-refractivity contribution is 0.136. The van der Waals surface area contributed by atoms with Crippen molar-refractivity contribution in [3.05, 3.63) is 11.4 Å².